The Balaban J connectivity index is 1.70. The second kappa shape index (κ2) is 7.13. The maximum Gasteiger partial charge on any atom is 0.433 e. The highest BCUT2D eigenvalue weighted by Gasteiger charge is 2.75. The average Bonchev–Trinajstić information content (AvgIpc) is 3.30. The van der Waals surface area contributed by atoms with Gasteiger partial charge in [0.05, 0.1) is 31.2 Å². The molecule has 5 rings (SSSR count). The van der Waals surface area contributed by atoms with Crippen LogP contribution in [0, 0.1) is 0 Å². The van der Waals surface area contributed by atoms with Crippen LogP contribution >= 0.6 is 8.07 Å². The van der Waals surface area contributed by atoms with E-state index in [0.29, 0.717) is 6.61 Å². The predicted molar refractivity (Wildman–Crippen MR) is 116 cm³/mol. The van der Waals surface area contributed by atoms with Crippen LogP contribution in [0.4, 0.5) is 4.79 Å². The largest absolute Gasteiger partial charge is 0.448 e. The predicted octanol–water partition coefficient (Wildman–Crippen LogP) is 5.59. The number of nitrogens with zero attached hydrogens (tertiary/aromatic N) is 2. The molecule has 2 aliphatic heterocycles. The first kappa shape index (κ1) is 18.1. The van der Waals surface area contributed by atoms with Gasteiger partial charge in [0, 0.05) is 0 Å². The molecule has 0 saturated carbocycles. The lowest BCUT2D eigenvalue weighted by Crippen LogP contribution is -2.27. The number of hydrogen-bond acceptors (Lipinski definition) is 3. The van der Waals surface area contributed by atoms with E-state index < -0.39 is 8.07 Å². The van der Waals surface area contributed by atoms with Crippen molar-refractivity contribution in [3.05, 3.63) is 108 Å². The van der Waals surface area contributed by atoms with E-state index in [1.807, 2.05) is 37.3 Å². The zero-order valence-electron chi connectivity index (χ0n) is 16.1. The Labute approximate surface area is 171 Å². The molecular formula is C24H21N2O2P. The van der Waals surface area contributed by atoms with Gasteiger partial charge in [-0.25, -0.2) is 4.79 Å². The Morgan fingerprint density at radius 3 is 1.97 bits per heavy atom. The lowest BCUT2D eigenvalue weighted by atomic mass is 9.85. The number of benzene rings is 3. The van der Waals surface area contributed by atoms with Crippen LogP contribution in [0.5, 0.6) is 0 Å². The topological polar surface area (TPSA) is 41.9 Å². The smallest absolute Gasteiger partial charge is 0.433 e. The molecule has 144 valence electrons. The fraction of sp³-hybridized carbons (Fsp3) is 0.167. The lowest BCUT2D eigenvalue weighted by molar-refractivity contribution is 0.133. The lowest BCUT2D eigenvalue weighted by Gasteiger charge is -2.25. The van der Waals surface area contributed by atoms with Gasteiger partial charge in [-0.15, -0.1) is 0 Å². The third-order valence-electron chi connectivity index (χ3n) is 5.53. The molecule has 0 aromatic heterocycles. The summed E-state index contributed by atoms with van der Waals surface area (Å²) >= 11 is 0. The Kier molecular flexibility index (Phi) is 4.44. The number of carbonyl (C=O) groups excluding carboxylic acids is 1. The van der Waals surface area contributed by atoms with Crippen molar-refractivity contribution < 1.29 is 9.53 Å². The minimum Gasteiger partial charge on any atom is -0.448 e. The van der Waals surface area contributed by atoms with Gasteiger partial charge >= 0.3 is 6.09 Å². The van der Waals surface area contributed by atoms with Crippen LogP contribution in [-0.2, 0) is 9.89 Å². The van der Waals surface area contributed by atoms with E-state index >= 15 is 0 Å². The Morgan fingerprint density at radius 2 is 1.45 bits per heavy atom. The van der Waals surface area contributed by atoms with E-state index in [1.54, 1.807) is 4.78 Å². The van der Waals surface area contributed by atoms with Gasteiger partial charge in [0.1, 0.15) is 0 Å². The molecule has 0 radical (unpaired) electrons. The van der Waals surface area contributed by atoms with Gasteiger partial charge in [-0.3, -0.25) is 0 Å². The van der Waals surface area contributed by atoms with Gasteiger partial charge in [-0.2, -0.15) is 9.88 Å². The van der Waals surface area contributed by atoms with Gasteiger partial charge in [-0.05, 0) is 23.6 Å². The normalized spacial score (nSPS) is 21.3. The number of hydrogen-bond donors (Lipinski definition) is 0. The van der Waals surface area contributed by atoms with Crippen molar-refractivity contribution in [2.75, 3.05) is 6.61 Å². The fourth-order valence-electron chi connectivity index (χ4n) is 4.32. The van der Waals surface area contributed by atoms with E-state index in [2.05, 4.69) is 60.7 Å². The molecule has 3 aromatic carbocycles. The van der Waals surface area contributed by atoms with Crippen LogP contribution in [0.1, 0.15) is 23.6 Å². The SMILES string of the molecule is CCOC(=O)N1N=C(c2ccccc2)C2P1C2(c1ccccc1)c1ccccc1. The highest BCUT2D eigenvalue weighted by Crippen LogP contribution is 2.87. The zero-order valence-corrected chi connectivity index (χ0v) is 17.0. The van der Waals surface area contributed by atoms with Crippen LogP contribution < -0.4 is 0 Å². The Hall–Kier alpha value is -2.97. The van der Waals surface area contributed by atoms with Gasteiger partial charge in [0.25, 0.3) is 0 Å². The number of amides is 1. The number of hydrazone groups is 1. The molecule has 29 heavy (non-hydrogen) atoms. The van der Waals surface area contributed by atoms with Crippen molar-refractivity contribution in [1.82, 2.24) is 4.78 Å². The number of carbonyl (C=O) groups is 1. The summed E-state index contributed by atoms with van der Waals surface area (Å²) in [7, 11) is -0.921. The van der Waals surface area contributed by atoms with E-state index in [1.165, 1.54) is 11.1 Å². The van der Waals surface area contributed by atoms with Crippen molar-refractivity contribution in [2.45, 2.75) is 17.7 Å². The standard InChI is InChI=1S/C24H21N2O2P/c1-2-28-23(27)26-25-21(18-12-6-3-7-13-18)22-24(29(22)26,19-14-8-4-9-15-19)20-16-10-5-11-17-20/h3-17,22H,2H2,1H3. The maximum atomic E-state index is 12.8. The van der Waals surface area contributed by atoms with E-state index in [9.17, 15) is 4.79 Å². The molecule has 2 unspecified atom stereocenters. The molecule has 1 amide bonds. The van der Waals surface area contributed by atoms with Crippen molar-refractivity contribution in [1.29, 1.82) is 0 Å². The highest BCUT2D eigenvalue weighted by molar-refractivity contribution is 7.68. The number of ether oxygens (including phenoxy) is 1. The van der Waals surface area contributed by atoms with Crippen LogP contribution in [-0.4, -0.2) is 28.9 Å². The minimum atomic E-state index is -0.921. The molecule has 0 aliphatic carbocycles. The Bertz CT molecular complexity index is 1010. The first-order valence-electron chi connectivity index (χ1n) is 9.79. The molecule has 1 saturated heterocycles. The van der Waals surface area contributed by atoms with E-state index in [4.69, 9.17) is 9.84 Å². The van der Waals surface area contributed by atoms with Crippen molar-refractivity contribution in [3.63, 3.8) is 0 Å². The van der Waals surface area contributed by atoms with Gasteiger partial charge in [-0.1, -0.05) is 91.0 Å². The van der Waals surface area contributed by atoms with Crippen LogP contribution in [0.3, 0.4) is 0 Å². The summed E-state index contributed by atoms with van der Waals surface area (Å²) in [6.45, 7) is 2.16. The maximum absolute atomic E-state index is 12.8. The van der Waals surface area contributed by atoms with Crippen LogP contribution in [0.25, 0.3) is 0 Å². The summed E-state index contributed by atoms with van der Waals surface area (Å²) in [6.07, 6.45) is -0.358. The minimum absolute atomic E-state index is 0.147. The molecule has 0 N–H and O–H groups in total. The fourth-order valence-corrected chi connectivity index (χ4v) is 7.66. The summed E-state index contributed by atoms with van der Waals surface area (Å²) in [5.41, 5.74) is 4.62. The van der Waals surface area contributed by atoms with Gasteiger partial charge in [0.15, 0.2) is 0 Å². The first-order valence-corrected chi connectivity index (χ1v) is 11.2. The average molecular weight is 400 g/mol. The molecule has 0 spiro atoms. The molecule has 5 heteroatoms. The third-order valence-corrected chi connectivity index (χ3v) is 8.53. The van der Waals surface area contributed by atoms with Crippen LogP contribution in [0.2, 0.25) is 0 Å². The highest BCUT2D eigenvalue weighted by atomic mass is 31.1. The molecule has 1 fully saturated rings. The number of fused-ring (bicyclic) bond motifs is 1. The summed E-state index contributed by atoms with van der Waals surface area (Å²) in [5.74, 6) is 0. The summed E-state index contributed by atoms with van der Waals surface area (Å²) in [4.78, 5) is 12.8. The van der Waals surface area contributed by atoms with Crippen LogP contribution in [0.15, 0.2) is 96.1 Å². The van der Waals surface area contributed by atoms with Crippen molar-refractivity contribution >= 4 is 19.9 Å². The summed E-state index contributed by atoms with van der Waals surface area (Å²) in [6, 6.07) is 31.2. The van der Waals surface area contributed by atoms with Crippen molar-refractivity contribution in [3.8, 4) is 0 Å². The second-order valence-electron chi connectivity index (χ2n) is 7.09. The zero-order chi connectivity index (χ0) is 19.8. The molecule has 2 heterocycles. The third kappa shape index (κ3) is 2.71. The van der Waals surface area contributed by atoms with E-state index in [0.717, 1.165) is 11.3 Å². The monoisotopic (exact) mass is 400 g/mol. The molecule has 2 aliphatic rings. The quantitative estimate of drug-likeness (QED) is 0.536. The molecule has 3 aromatic rings. The van der Waals surface area contributed by atoms with E-state index in [-0.39, 0.29) is 16.9 Å². The first-order chi connectivity index (χ1) is 14.3. The van der Waals surface area contributed by atoms with Gasteiger partial charge in [0.2, 0.25) is 0 Å². The molecule has 2 atom stereocenters. The molecule has 4 nitrogen and oxygen atoms in total. The number of rotatable bonds is 4. The molecular weight excluding hydrogens is 379 g/mol. The summed E-state index contributed by atoms with van der Waals surface area (Å²) < 4.78 is 7.00. The Morgan fingerprint density at radius 1 is 0.931 bits per heavy atom. The summed E-state index contributed by atoms with van der Waals surface area (Å²) in [5, 5.41) is 4.49. The second-order valence-corrected chi connectivity index (χ2v) is 9.38. The molecule has 0 bridgehead atoms. The van der Waals surface area contributed by atoms with Gasteiger partial charge < -0.3 is 4.74 Å². The van der Waals surface area contributed by atoms with Crippen molar-refractivity contribution in [2.24, 2.45) is 5.10 Å².